The monoisotopic (exact) mass is 225 g/mol. The van der Waals surface area contributed by atoms with E-state index in [0.717, 1.165) is 5.56 Å². The lowest BCUT2D eigenvalue weighted by molar-refractivity contribution is 0.0874. The molecule has 0 unspecified atom stereocenters. The standard InChI is InChI=1S/C12H19NO3/c14-8-6-13(7-9-15)10-12(16)11-4-2-1-3-5-11/h1-5,12,14-16H,6-10H2/t12-/m0/s1. The lowest BCUT2D eigenvalue weighted by atomic mass is 10.1. The van der Waals surface area contributed by atoms with Gasteiger partial charge in [-0.25, -0.2) is 0 Å². The van der Waals surface area contributed by atoms with Crippen molar-refractivity contribution >= 4 is 0 Å². The summed E-state index contributed by atoms with van der Waals surface area (Å²) in [6.45, 7) is 1.41. The fraction of sp³-hybridized carbons (Fsp3) is 0.500. The Balaban J connectivity index is 2.50. The molecule has 0 aliphatic carbocycles. The van der Waals surface area contributed by atoms with Crippen LogP contribution < -0.4 is 0 Å². The molecule has 1 atom stereocenters. The number of hydrogen-bond donors (Lipinski definition) is 3. The molecular weight excluding hydrogens is 206 g/mol. The van der Waals surface area contributed by atoms with Gasteiger partial charge in [0.15, 0.2) is 0 Å². The van der Waals surface area contributed by atoms with Crippen molar-refractivity contribution in [1.82, 2.24) is 4.90 Å². The first-order valence-corrected chi connectivity index (χ1v) is 5.45. The van der Waals surface area contributed by atoms with E-state index in [1.807, 2.05) is 35.2 Å². The number of rotatable bonds is 7. The smallest absolute Gasteiger partial charge is 0.0916 e. The van der Waals surface area contributed by atoms with Crippen molar-refractivity contribution in [1.29, 1.82) is 0 Å². The maximum absolute atomic E-state index is 9.94. The molecule has 1 aromatic rings. The Morgan fingerprint density at radius 2 is 1.56 bits per heavy atom. The summed E-state index contributed by atoms with van der Waals surface area (Å²) in [4.78, 5) is 1.83. The van der Waals surface area contributed by atoms with Gasteiger partial charge in [0.2, 0.25) is 0 Å². The molecule has 0 spiro atoms. The van der Waals surface area contributed by atoms with Gasteiger partial charge in [-0.2, -0.15) is 0 Å². The summed E-state index contributed by atoms with van der Waals surface area (Å²) < 4.78 is 0. The highest BCUT2D eigenvalue weighted by Crippen LogP contribution is 2.13. The average molecular weight is 225 g/mol. The van der Waals surface area contributed by atoms with Crippen molar-refractivity contribution in [2.75, 3.05) is 32.8 Å². The van der Waals surface area contributed by atoms with Gasteiger partial charge in [0.1, 0.15) is 0 Å². The molecule has 0 aliphatic rings. The highest BCUT2D eigenvalue weighted by molar-refractivity contribution is 5.17. The van der Waals surface area contributed by atoms with Crippen LogP contribution in [0.15, 0.2) is 30.3 Å². The van der Waals surface area contributed by atoms with Gasteiger partial charge < -0.3 is 15.3 Å². The van der Waals surface area contributed by atoms with Crippen LogP contribution in [0.5, 0.6) is 0 Å². The van der Waals surface area contributed by atoms with Gasteiger partial charge in [-0.05, 0) is 5.56 Å². The van der Waals surface area contributed by atoms with Crippen LogP contribution in [0.2, 0.25) is 0 Å². The third-order valence-corrected chi connectivity index (χ3v) is 2.45. The first kappa shape index (κ1) is 13.1. The second-order valence-electron chi connectivity index (χ2n) is 3.67. The van der Waals surface area contributed by atoms with Gasteiger partial charge in [0.25, 0.3) is 0 Å². The van der Waals surface area contributed by atoms with Gasteiger partial charge in [0, 0.05) is 19.6 Å². The fourth-order valence-corrected chi connectivity index (χ4v) is 1.60. The normalized spacial score (nSPS) is 13.0. The SMILES string of the molecule is OCCN(CCO)C[C@H](O)c1ccccc1. The third-order valence-electron chi connectivity index (χ3n) is 2.45. The molecule has 4 nitrogen and oxygen atoms in total. The van der Waals surface area contributed by atoms with Crippen LogP contribution in [0, 0.1) is 0 Å². The molecule has 0 amide bonds. The fourth-order valence-electron chi connectivity index (χ4n) is 1.60. The molecule has 0 aromatic heterocycles. The molecule has 90 valence electrons. The van der Waals surface area contributed by atoms with Crippen LogP contribution in [0.25, 0.3) is 0 Å². The number of hydrogen-bond acceptors (Lipinski definition) is 4. The van der Waals surface area contributed by atoms with Crippen molar-refractivity contribution < 1.29 is 15.3 Å². The topological polar surface area (TPSA) is 63.9 Å². The Morgan fingerprint density at radius 3 is 2.06 bits per heavy atom. The maximum Gasteiger partial charge on any atom is 0.0916 e. The van der Waals surface area contributed by atoms with Crippen molar-refractivity contribution in [2.24, 2.45) is 0 Å². The largest absolute Gasteiger partial charge is 0.395 e. The molecule has 0 aliphatic heterocycles. The molecule has 16 heavy (non-hydrogen) atoms. The number of aliphatic hydroxyl groups excluding tert-OH is 3. The van der Waals surface area contributed by atoms with Gasteiger partial charge in [-0.1, -0.05) is 30.3 Å². The average Bonchev–Trinajstić information content (AvgIpc) is 2.31. The first-order valence-electron chi connectivity index (χ1n) is 5.45. The Bertz CT molecular complexity index is 273. The third kappa shape index (κ3) is 4.28. The highest BCUT2D eigenvalue weighted by Gasteiger charge is 2.12. The van der Waals surface area contributed by atoms with E-state index >= 15 is 0 Å². The highest BCUT2D eigenvalue weighted by atomic mass is 16.3. The number of aliphatic hydroxyl groups is 3. The van der Waals surface area contributed by atoms with E-state index in [4.69, 9.17) is 10.2 Å². The van der Waals surface area contributed by atoms with E-state index in [9.17, 15) is 5.11 Å². The summed E-state index contributed by atoms with van der Waals surface area (Å²) in [7, 11) is 0. The maximum atomic E-state index is 9.94. The second kappa shape index (κ2) is 7.35. The van der Waals surface area contributed by atoms with Crippen molar-refractivity contribution in [2.45, 2.75) is 6.10 Å². The van der Waals surface area contributed by atoms with Gasteiger partial charge in [0.05, 0.1) is 19.3 Å². The molecule has 0 fully saturated rings. The van der Waals surface area contributed by atoms with E-state index in [1.54, 1.807) is 0 Å². The molecule has 0 bridgehead atoms. The predicted molar refractivity (Wildman–Crippen MR) is 62.0 cm³/mol. The van der Waals surface area contributed by atoms with Gasteiger partial charge in [-0.15, -0.1) is 0 Å². The van der Waals surface area contributed by atoms with Crippen LogP contribution in [-0.4, -0.2) is 53.1 Å². The molecule has 0 saturated carbocycles. The van der Waals surface area contributed by atoms with Crippen LogP contribution in [0.3, 0.4) is 0 Å². The van der Waals surface area contributed by atoms with Gasteiger partial charge in [-0.3, -0.25) is 4.90 Å². The van der Waals surface area contributed by atoms with E-state index in [1.165, 1.54) is 0 Å². The van der Waals surface area contributed by atoms with E-state index in [2.05, 4.69) is 0 Å². The molecule has 0 radical (unpaired) electrons. The van der Waals surface area contributed by atoms with Crippen LogP contribution >= 0.6 is 0 Å². The molecular formula is C12H19NO3. The van der Waals surface area contributed by atoms with Gasteiger partial charge >= 0.3 is 0 Å². The van der Waals surface area contributed by atoms with E-state index in [-0.39, 0.29) is 13.2 Å². The summed E-state index contributed by atoms with van der Waals surface area (Å²) in [6, 6.07) is 9.37. The van der Waals surface area contributed by atoms with Crippen LogP contribution in [0.4, 0.5) is 0 Å². The van der Waals surface area contributed by atoms with Crippen LogP contribution in [-0.2, 0) is 0 Å². The summed E-state index contributed by atoms with van der Waals surface area (Å²) in [5, 5.41) is 27.6. The zero-order chi connectivity index (χ0) is 11.8. The molecule has 1 rings (SSSR count). The lowest BCUT2D eigenvalue weighted by Gasteiger charge is -2.23. The lowest BCUT2D eigenvalue weighted by Crippen LogP contribution is -2.33. The summed E-state index contributed by atoms with van der Waals surface area (Å²) in [5.74, 6) is 0. The zero-order valence-electron chi connectivity index (χ0n) is 9.29. The Hall–Kier alpha value is -0.940. The quantitative estimate of drug-likeness (QED) is 0.611. The summed E-state index contributed by atoms with van der Waals surface area (Å²) in [5.41, 5.74) is 0.850. The summed E-state index contributed by atoms with van der Waals surface area (Å²) >= 11 is 0. The molecule has 0 saturated heterocycles. The minimum atomic E-state index is -0.584. The minimum absolute atomic E-state index is 0.0293. The number of benzene rings is 1. The van der Waals surface area contributed by atoms with Crippen molar-refractivity contribution in [3.8, 4) is 0 Å². The molecule has 0 heterocycles. The second-order valence-corrected chi connectivity index (χ2v) is 3.67. The first-order chi connectivity index (χ1) is 7.77. The molecule has 3 N–H and O–H groups in total. The van der Waals surface area contributed by atoms with Crippen LogP contribution in [0.1, 0.15) is 11.7 Å². The summed E-state index contributed by atoms with van der Waals surface area (Å²) in [6.07, 6.45) is -0.584. The van der Waals surface area contributed by atoms with E-state index in [0.29, 0.717) is 19.6 Å². The Morgan fingerprint density at radius 1 is 1.00 bits per heavy atom. The minimum Gasteiger partial charge on any atom is -0.395 e. The van der Waals surface area contributed by atoms with Crippen molar-refractivity contribution in [3.63, 3.8) is 0 Å². The molecule has 1 aromatic carbocycles. The Kier molecular flexibility index (Phi) is 6.03. The molecule has 4 heteroatoms. The zero-order valence-corrected chi connectivity index (χ0v) is 9.29. The number of nitrogens with zero attached hydrogens (tertiary/aromatic N) is 1. The van der Waals surface area contributed by atoms with E-state index < -0.39 is 6.10 Å². The predicted octanol–water partition coefficient (Wildman–Crippen LogP) is 0.00660. The van der Waals surface area contributed by atoms with Crippen molar-refractivity contribution in [3.05, 3.63) is 35.9 Å². The Labute approximate surface area is 95.8 Å².